The van der Waals surface area contributed by atoms with E-state index in [1.165, 1.54) is 6.92 Å². The van der Waals surface area contributed by atoms with Crippen LogP contribution in [0.5, 0.6) is 0 Å². The summed E-state index contributed by atoms with van der Waals surface area (Å²) < 4.78 is 0. The second-order valence-electron chi connectivity index (χ2n) is 5.77. The molecule has 126 valence electrons. The number of benzene rings is 1. The fourth-order valence-electron chi connectivity index (χ4n) is 2.28. The van der Waals surface area contributed by atoms with Gasteiger partial charge in [0.1, 0.15) is 5.69 Å². The monoisotopic (exact) mass is 325 g/mol. The number of pyridine rings is 1. The van der Waals surface area contributed by atoms with Gasteiger partial charge in [-0.15, -0.1) is 0 Å². The van der Waals surface area contributed by atoms with E-state index in [-0.39, 0.29) is 11.7 Å². The van der Waals surface area contributed by atoms with Gasteiger partial charge in [0.15, 0.2) is 5.78 Å². The Labute approximate surface area is 142 Å². The number of Topliss-reactive ketones (excluding diaryl/α,β-unsaturated/α-hetero) is 1. The molecule has 0 aliphatic heterocycles. The van der Waals surface area contributed by atoms with Gasteiger partial charge in [-0.1, -0.05) is 25.5 Å². The molecule has 0 saturated carbocycles. The second kappa shape index (κ2) is 8.24. The normalized spacial score (nSPS) is 10.3. The molecule has 0 bridgehead atoms. The van der Waals surface area contributed by atoms with Crippen molar-refractivity contribution in [1.29, 1.82) is 0 Å². The van der Waals surface area contributed by atoms with Crippen LogP contribution in [-0.4, -0.2) is 30.3 Å². The average Bonchev–Trinajstić information content (AvgIpc) is 2.60. The van der Waals surface area contributed by atoms with Crippen molar-refractivity contribution in [2.45, 2.75) is 26.7 Å². The highest BCUT2D eigenvalue weighted by atomic mass is 16.2. The maximum absolute atomic E-state index is 12.3. The van der Waals surface area contributed by atoms with Crippen LogP contribution in [0.2, 0.25) is 0 Å². The summed E-state index contributed by atoms with van der Waals surface area (Å²) in [4.78, 5) is 30.0. The lowest BCUT2D eigenvalue weighted by atomic mass is 10.1. The first kappa shape index (κ1) is 17.7. The van der Waals surface area contributed by atoms with Gasteiger partial charge in [0.05, 0.1) is 11.9 Å². The van der Waals surface area contributed by atoms with E-state index in [1.807, 2.05) is 13.1 Å². The number of carbonyl (C=O) groups is 2. The third kappa shape index (κ3) is 4.65. The molecule has 24 heavy (non-hydrogen) atoms. The summed E-state index contributed by atoms with van der Waals surface area (Å²) in [6, 6.07) is 10.5. The number of nitrogens with zero attached hydrogens (tertiary/aromatic N) is 2. The zero-order valence-electron chi connectivity index (χ0n) is 14.4. The summed E-state index contributed by atoms with van der Waals surface area (Å²) in [5, 5.41) is 2.77. The highest BCUT2D eigenvalue weighted by Gasteiger charge is 2.10. The van der Waals surface area contributed by atoms with E-state index < -0.39 is 0 Å². The van der Waals surface area contributed by atoms with E-state index >= 15 is 0 Å². The summed E-state index contributed by atoms with van der Waals surface area (Å²) in [5.41, 5.74) is 2.47. The molecular weight excluding hydrogens is 302 g/mol. The third-order valence-electron chi connectivity index (χ3n) is 3.80. The highest BCUT2D eigenvalue weighted by molar-refractivity contribution is 6.04. The number of carbonyl (C=O) groups excluding carboxylic acids is 2. The van der Waals surface area contributed by atoms with Crippen LogP contribution in [0.15, 0.2) is 42.6 Å². The van der Waals surface area contributed by atoms with Crippen LogP contribution in [0.25, 0.3) is 0 Å². The number of nitrogens with one attached hydrogen (secondary N) is 1. The molecule has 0 unspecified atom stereocenters. The molecule has 1 N–H and O–H groups in total. The molecule has 0 atom stereocenters. The van der Waals surface area contributed by atoms with Crippen molar-refractivity contribution >= 4 is 23.1 Å². The lowest BCUT2D eigenvalue weighted by Gasteiger charge is -2.18. The lowest BCUT2D eigenvalue weighted by Crippen LogP contribution is -2.19. The van der Waals surface area contributed by atoms with Gasteiger partial charge >= 0.3 is 0 Å². The van der Waals surface area contributed by atoms with Crippen molar-refractivity contribution in [1.82, 2.24) is 4.98 Å². The maximum atomic E-state index is 12.3. The Kier molecular flexibility index (Phi) is 6.07. The Hall–Kier alpha value is -2.69. The second-order valence-corrected chi connectivity index (χ2v) is 5.77. The van der Waals surface area contributed by atoms with Crippen molar-refractivity contribution < 1.29 is 9.59 Å². The van der Waals surface area contributed by atoms with Crippen molar-refractivity contribution in [3.8, 4) is 0 Å². The molecule has 1 amide bonds. The van der Waals surface area contributed by atoms with Gasteiger partial charge in [-0.3, -0.25) is 9.59 Å². The zero-order chi connectivity index (χ0) is 17.5. The largest absolute Gasteiger partial charge is 0.373 e. The fraction of sp³-hybridized carbons (Fsp3) is 0.316. The molecule has 0 fully saturated rings. The van der Waals surface area contributed by atoms with Gasteiger partial charge in [0.25, 0.3) is 5.91 Å². The number of unbranched alkanes of at least 4 members (excludes halogenated alkanes) is 1. The predicted octanol–water partition coefficient (Wildman–Crippen LogP) is 3.77. The topological polar surface area (TPSA) is 62.3 Å². The number of hydrogen-bond donors (Lipinski definition) is 1. The molecule has 2 rings (SSSR count). The summed E-state index contributed by atoms with van der Waals surface area (Å²) in [6.45, 7) is 4.61. The molecule has 0 radical (unpaired) electrons. The van der Waals surface area contributed by atoms with Crippen LogP contribution in [0.3, 0.4) is 0 Å². The number of ketones is 1. The molecule has 2 aromatic rings. The summed E-state index contributed by atoms with van der Waals surface area (Å²) in [6.07, 6.45) is 3.96. The van der Waals surface area contributed by atoms with Gasteiger partial charge in [-0.25, -0.2) is 4.98 Å². The number of hydrogen-bond acceptors (Lipinski definition) is 4. The van der Waals surface area contributed by atoms with E-state index in [9.17, 15) is 9.59 Å². The molecule has 1 heterocycles. The SMILES string of the molecule is CCCCN(C)c1ccc(C(=O)Nc2cccc(C(C)=O)c2)nc1. The molecule has 0 aliphatic rings. The van der Waals surface area contributed by atoms with Crippen LogP contribution >= 0.6 is 0 Å². The van der Waals surface area contributed by atoms with E-state index in [2.05, 4.69) is 22.1 Å². The van der Waals surface area contributed by atoms with Gasteiger partial charge in [0.2, 0.25) is 0 Å². The number of rotatable bonds is 7. The summed E-state index contributed by atoms with van der Waals surface area (Å²) in [5.74, 6) is -0.331. The number of amides is 1. The van der Waals surface area contributed by atoms with Crippen LogP contribution in [0.4, 0.5) is 11.4 Å². The maximum Gasteiger partial charge on any atom is 0.274 e. The minimum absolute atomic E-state index is 0.0382. The van der Waals surface area contributed by atoms with Crippen LogP contribution in [0.1, 0.15) is 47.5 Å². The summed E-state index contributed by atoms with van der Waals surface area (Å²) >= 11 is 0. The van der Waals surface area contributed by atoms with Crippen LogP contribution < -0.4 is 10.2 Å². The average molecular weight is 325 g/mol. The summed E-state index contributed by atoms with van der Waals surface area (Å²) in [7, 11) is 2.01. The number of anilines is 2. The Morgan fingerprint density at radius 3 is 2.62 bits per heavy atom. The molecule has 5 heteroatoms. The molecule has 5 nitrogen and oxygen atoms in total. The molecule has 0 spiro atoms. The number of aromatic nitrogens is 1. The van der Waals surface area contributed by atoms with Gasteiger partial charge in [-0.2, -0.15) is 0 Å². The highest BCUT2D eigenvalue weighted by Crippen LogP contribution is 2.15. The van der Waals surface area contributed by atoms with Gasteiger partial charge < -0.3 is 10.2 Å². The minimum atomic E-state index is -0.293. The zero-order valence-corrected chi connectivity index (χ0v) is 14.4. The van der Waals surface area contributed by atoms with E-state index in [4.69, 9.17) is 0 Å². The first-order chi connectivity index (χ1) is 11.5. The standard InChI is InChI=1S/C19H23N3O2/c1-4-5-11-22(3)17-9-10-18(20-13-17)19(24)21-16-8-6-7-15(12-16)14(2)23/h6-10,12-13H,4-5,11H2,1-3H3,(H,21,24). The predicted molar refractivity (Wildman–Crippen MR) is 96.8 cm³/mol. The van der Waals surface area contributed by atoms with E-state index in [1.54, 1.807) is 36.5 Å². The molecular formula is C19H23N3O2. The molecule has 1 aromatic heterocycles. The molecule has 1 aromatic carbocycles. The van der Waals surface area contributed by atoms with E-state index in [0.29, 0.717) is 16.9 Å². The smallest absolute Gasteiger partial charge is 0.274 e. The van der Waals surface area contributed by atoms with Crippen molar-refractivity contribution in [3.63, 3.8) is 0 Å². The van der Waals surface area contributed by atoms with Crippen LogP contribution in [0, 0.1) is 0 Å². The van der Waals surface area contributed by atoms with Gasteiger partial charge in [-0.05, 0) is 37.6 Å². The fourth-order valence-corrected chi connectivity index (χ4v) is 2.28. The Morgan fingerprint density at radius 1 is 1.21 bits per heavy atom. The van der Waals surface area contributed by atoms with Gasteiger partial charge in [0, 0.05) is 24.8 Å². The third-order valence-corrected chi connectivity index (χ3v) is 3.80. The van der Waals surface area contributed by atoms with Crippen LogP contribution in [-0.2, 0) is 0 Å². The quantitative estimate of drug-likeness (QED) is 0.787. The van der Waals surface area contributed by atoms with Crippen molar-refractivity contribution in [3.05, 3.63) is 53.9 Å². The first-order valence-electron chi connectivity index (χ1n) is 8.10. The Bertz CT molecular complexity index is 711. The lowest BCUT2D eigenvalue weighted by molar-refractivity contribution is 0.100. The Morgan fingerprint density at radius 2 is 2.00 bits per heavy atom. The molecule has 0 saturated heterocycles. The van der Waals surface area contributed by atoms with Crippen molar-refractivity contribution in [2.24, 2.45) is 0 Å². The Balaban J connectivity index is 2.05. The van der Waals surface area contributed by atoms with E-state index in [0.717, 1.165) is 25.1 Å². The van der Waals surface area contributed by atoms with Crippen molar-refractivity contribution in [2.75, 3.05) is 23.8 Å². The first-order valence-corrected chi connectivity index (χ1v) is 8.10. The molecule has 0 aliphatic carbocycles. The minimum Gasteiger partial charge on any atom is -0.373 e.